The largest absolute Gasteiger partial charge is 0.353 e. The lowest BCUT2D eigenvalue weighted by Crippen LogP contribution is -2.47. The molecule has 1 unspecified atom stereocenters. The van der Waals surface area contributed by atoms with Crippen molar-refractivity contribution in [1.82, 2.24) is 19.9 Å². The lowest BCUT2D eigenvalue weighted by Gasteiger charge is -2.36. The molecule has 2 aromatic heterocycles. The van der Waals surface area contributed by atoms with E-state index < -0.39 is 11.0 Å². The van der Waals surface area contributed by atoms with Gasteiger partial charge in [0.1, 0.15) is 23.1 Å². The molecule has 1 saturated carbocycles. The molecule has 34 heavy (non-hydrogen) atoms. The number of hydrogen-bond donors (Lipinski definition) is 1. The minimum Gasteiger partial charge on any atom is -0.353 e. The summed E-state index contributed by atoms with van der Waals surface area (Å²) in [7, 11) is -1.37. The van der Waals surface area contributed by atoms with Crippen LogP contribution in [0.5, 0.6) is 0 Å². The summed E-state index contributed by atoms with van der Waals surface area (Å²) < 4.78 is 15.8. The summed E-state index contributed by atoms with van der Waals surface area (Å²) in [6.45, 7) is 7.89. The molecule has 1 saturated heterocycles. The molecule has 1 N–H and O–H groups in total. The van der Waals surface area contributed by atoms with Crippen LogP contribution in [0.25, 0.3) is 0 Å². The Balaban J connectivity index is 1.36. The first-order valence-corrected chi connectivity index (χ1v) is 12.8. The predicted molar refractivity (Wildman–Crippen MR) is 135 cm³/mol. The monoisotopic (exact) mass is 472 g/mol. The Morgan fingerprint density at radius 2 is 1.74 bits per heavy atom. The fourth-order valence-corrected chi connectivity index (χ4v) is 5.06. The van der Waals surface area contributed by atoms with Crippen LogP contribution in [0, 0.1) is 25.7 Å². The molecule has 8 heteroatoms. The number of pyridine rings is 1. The number of nitrogens with zero attached hydrogens (tertiary/aromatic N) is 5. The molecule has 0 radical (unpaired) electrons. The molecule has 1 aliphatic carbocycles. The molecule has 0 amide bonds. The van der Waals surface area contributed by atoms with Crippen molar-refractivity contribution < 1.29 is 4.21 Å². The number of anilines is 2. The number of aromatic nitrogens is 3. The molecule has 0 spiro atoms. The van der Waals surface area contributed by atoms with Crippen molar-refractivity contribution in [3.05, 3.63) is 71.4 Å². The van der Waals surface area contributed by atoms with Crippen LogP contribution >= 0.6 is 0 Å². The van der Waals surface area contributed by atoms with Gasteiger partial charge in [-0.2, -0.15) is 0 Å². The number of rotatable bonds is 5. The second kappa shape index (κ2) is 9.92. The maximum absolute atomic E-state index is 12.7. The van der Waals surface area contributed by atoms with E-state index in [1.165, 1.54) is 12.8 Å². The van der Waals surface area contributed by atoms with Crippen LogP contribution in [-0.2, 0) is 11.0 Å². The Labute approximate surface area is 203 Å². The van der Waals surface area contributed by atoms with Crippen LogP contribution in [-0.4, -0.2) is 56.3 Å². The minimum atomic E-state index is -1.37. The van der Waals surface area contributed by atoms with Crippen molar-refractivity contribution in [2.75, 3.05) is 35.8 Å². The topological polar surface area (TPSA) is 74.2 Å². The number of benzene rings is 1. The van der Waals surface area contributed by atoms with Crippen LogP contribution in [0.2, 0.25) is 0 Å². The van der Waals surface area contributed by atoms with Gasteiger partial charge in [-0.25, -0.2) is 14.2 Å². The first kappa shape index (κ1) is 22.5. The number of aryl methyl sites for hydroxylation is 2. The summed E-state index contributed by atoms with van der Waals surface area (Å²) in [4.78, 5) is 19.0. The molecule has 1 atom stereocenters. The molecule has 7 nitrogen and oxygen atoms in total. The third-order valence-electron chi connectivity index (χ3n) is 6.27. The van der Waals surface area contributed by atoms with Gasteiger partial charge in [0, 0.05) is 44.0 Å². The molecule has 3 heterocycles. The van der Waals surface area contributed by atoms with E-state index in [0.717, 1.165) is 60.6 Å². The van der Waals surface area contributed by atoms with Crippen molar-refractivity contribution in [2.24, 2.45) is 0 Å². The van der Waals surface area contributed by atoms with Crippen molar-refractivity contribution in [1.29, 1.82) is 0 Å². The molecule has 0 bridgehead atoms. The van der Waals surface area contributed by atoms with Crippen molar-refractivity contribution in [3.8, 4) is 11.8 Å². The molecule has 3 aromatic rings. The summed E-state index contributed by atoms with van der Waals surface area (Å²) in [6.07, 6.45) is 6.04. The second-order valence-electron chi connectivity index (χ2n) is 8.70. The summed E-state index contributed by atoms with van der Waals surface area (Å²) in [5.74, 6) is 7.43. The first-order chi connectivity index (χ1) is 16.6. The average molecular weight is 473 g/mol. The summed E-state index contributed by atoms with van der Waals surface area (Å²) in [5.41, 5.74) is 3.93. The van der Waals surface area contributed by atoms with E-state index in [4.69, 9.17) is 0 Å². The zero-order valence-electron chi connectivity index (χ0n) is 19.5. The molecular formula is C26H28N6OS. The van der Waals surface area contributed by atoms with Gasteiger partial charge in [0.25, 0.3) is 0 Å². The Morgan fingerprint density at radius 1 is 0.971 bits per heavy atom. The van der Waals surface area contributed by atoms with Crippen molar-refractivity contribution in [3.63, 3.8) is 0 Å². The third-order valence-corrected chi connectivity index (χ3v) is 7.38. The summed E-state index contributed by atoms with van der Waals surface area (Å²) in [5, 5.41) is 0. The fourth-order valence-electron chi connectivity index (χ4n) is 4.13. The highest BCUT2D eigenvalue weighted by Crippen LogP contribution is 2.29. The van der Waals surface area contributed by atoms with E-state index in [0.29, 0.717) is 10.6 Å². The summed E-state index contributed by atoms with van der Waals surface area (Å²) in [6, 6.07) is 12.0. The molecule has 2 fully saturated rings. The van der Waals surface area contributed by atoms with Gasteiger partial charge in [-0.3, -0.25) is 14.6 Å². The number of hydrogen-bond acceptors (Lipinski definition) is 6. The molecule has 5 rings (SSSR count). The molecule has 2 aliphatic rings. The Hall–Kier alpha value is -3.28. The van der Waals surface area contributed by atoms with Crippen molar-refractivity contribution >= 4 is 22.5 Å². The predicted octanol–water partition coefficient (Wildman–Crippen LogP) is 3.31. The van der Waals surface area contributed by atoms with Gasteiger partial charge in [0.05, 0.1) is 27.5 Å². The van der Waals surface area contributed by atoms with Crippen LogP contribution in [0.15, 0.2) is 53.8 Å². The normalized spacial score (nSPS) is 17.1. The lowest BCUT2D eigenvalue weighted by atomic mass is 10.1. The smallest absolute Gasteiger partial charge is 0.150 e. The quantitative estimate of drug-likeness (QED) is 0.575. The molecule has 1 aromatic carbocycles. The zero-order chi connectivity index (χ0) is 23.5. The maximum Gasteiger partial charge on any atom is 0.150 e. The highest BCUT2D eigenvalue weighted by Gasteiger charge is 2.31. The second-order valence-corrected chi connectivity index (χ2v) is 9.92. The van der Waals surface area contributed by atoms with Gasteiger partial charge in [-0.05, 0) is 44.9 Å². The van der Waals surface area contributed by atoms with E-state index in [1.807, 2.05) is 50.2 Å². The van der Waals surface area contributed by atoms with Crippen LogP contribution < -0.4 is 9.62 Å². The van der Waals surface area contributed by atoms with Crippen LogP contribution in [0.4, 0.5) is 11.5 Å². The Morgan fingerprint density at radius 3 is 2.47 bits per heavy atom. The van der Waals surface area contributed by atoms with Gasteiger partial charge in [-0.15, -0.1) is 0 Å². The van der Waals surface area contributed by atoms with Crippen LogP contribution in [0.1, 0.15) is 35.4 Å². The van der Waals surface area contributed by atoms with E-state index >= 15 is 0 Å². The molecular weight excluding hydrogens is 444 g/mol. The Bertz CT molecular complexity index is 1260. The fraction of sp³-hybridized carbons (Fsp3) is 0.346. The van der Waals surface area contributed by atoms with Crippen molar-refractivity contribution in [2.45, 2.75) is 37.6 Å². The number of nitrogens with one attached hydrogen (secondary N) is 1. The highest BCUT2D eigenvalue weighted by molar-refractivity contribution is 7.86. The van der Waals surface area contributed by atoms with E-state index in [1.54, 1.807) is 12.5 Å². The van der Waals surface area contributed by atoms with Gasteiger partial charge in [0.2, 0.25) is 0 Å². The zero-order valence-corrected chi connectivity index (χ0v) is 20.3. The Kier molecular flexibility index (Phi) is 6.57. The molecule has 1 aliphatic heterocycles. The van der Waals surface area contributed by atoms with E-state index in [2.05, 4.69) is 41.3 Å². The highest BCUT2D eigenvalue weighted by atomic mass is 32.2. The van der Waals surface area contributed by atoms with E-state index in [9.17, 15) is 4.21 Å². The van der Waals surface area contributed by atoms with E-state index in [-0.39, 0.29) is 0 Å². The maximum atomic E-state index is 12.7. The lowest BCUT2D eigenvalue weighted by molar-refractivity contribution is 0.247. The minimum absolute atomic E-state index is 0.700. The standard InChI is InChI=1S/C26H28N6OS/c1-19-24(26(29-18-28-19)32-14-12-31(13-15-32)22-9-10-22)11-8-21-16-25(20(2)27-17-21)30-34(33)23-6-4-3-5-7-23/h3-7,16-18,22,30H,9-10,12-15H2,1-2H3. The first-order valence-electron chi connectivity index (χ1n) is 11.6. The third kappa shape index (κ3) is 5.11. The SMILES string of the molecule is Cc1ncc(C#Cc2c(C)ncnc2N2CCN(C3CC3)CC2)cc1NS(=O)c1ccccc1. The van der Waals surface area contributed by atoms with Gasteiger partial charge >= 0.3 is 0 Å². The van der Waals surface area contributed by atoms with Crippen LogP contribution in [0.3, 0.4) is 0 Å². The molecule has 174 valence electrons. The average Bonchev–Trinajstić information content (AvgIpc) is 3.71. The van der Waals surface area contributed by atoms with Gasteiger partial charge in [0.15, 0.2) is 0 Å². The van der Waals surface area contributed by atoms with Gasteiger partial charge < -0.3 is 4.90 Å². The number of piperazine rings is 1. The van der Waals surface area contributed by atoms with Gasteiger partial charge in [-0.1, -0.05) is 30.0 Å². The summed E-state index contributed by atoms with van der Waals surface area (Å²) >= 11 is 0.